The maximum Gasteiger partial charge on any atom is 0.328 e. The molecular formula is C13H20N2O4S. The zero-order valence-electron chi connectivity index (χ0n) is 11.6. The van der Waals surface area contributed by atoms with Crippen LogP contribution < -0.4 is 0 Å². The van der Waals surface area contributed by atoms with E-state index in [0.29, 0.717) is 12.2 Å². The van der Waals surface area contributed by atoms with E-state index in [1.165, 1.54) is 11.9 Å². The average molecular weight is 300 g/mol. The highest BCUT2D eigenvalue weighted by molar-refractivity contribution is 8.13. The molecule has 1 unspecified atom stereocenters. The fourth-order valence-corrected chi connectivity index (χ4v) is 3.58. The van der Waals surface area contributed by atoms with Gasteiger partial charge < -0.3 is 5.11 Å². The fraction of sp³-hybridized carbons (Fsp3) is 0.769. The number of aliphatic carboxylic acids is 1. The Bertz CT molecular complexity index is 415. The Kier molecular flexibility index (Phi) is 5.04. The van der Waals surface area contributed by atoms with Gasteiger partial charge in [0.15, 0.2) is 5.12 Å². The summed E-state index contributed by atoms with van der Waals surface area (Å²) in [6.07, 6.45) is 2.88. The topological polar surface area (TPSA) is 77.9 Å². The first-order valence-corrected chi connectivity index (χ1v) is 7.93. The maximum atomic E-state index is 12.6. The molecule has 20 heavy (non-hydrogen) atoms. The van der Waals surface area contributed by atoms with Crippen LogP contribution in [0.1, 0.15) is 32.6 Å². The number of carboxylic acid groups (broad SMARTS) is 1. The van der Waals surface area contributed by atoms with E-state index in [9.17, 15) is 19.5 Å². The summed E-state index contributed by atoms with van der Waals surface area (Å²) >= 11 is 1.15. The molecule has 2 saturated heterocycles. The Morgan fingerprint density at radius 3 is 2.55 bits per heavy atom. The Morgan fingerprint density at radius 1 is 1.30 bits per heavy atom. The lowest BCUT2D eigenvalue weighted by molar-refractivity contribution is -0.175. The van der Waals surface area contributed by atoms with Crippen LogP contribution in [0, 0.1) is 5.92 Å². The normalized spacial score (nSPS) is 27.9. The molecule has 0 aliphatic carbocycles. The van der Waals surface area contributed by atoms with Crippen molar-refractivity contribution in [2.45, 2.75) is 38.6 Å². The van der Waals surface area contributed by atoms with Crippen molar-refractivity contribution in [1.29, 1.82) is 0 Å². The van der Waals surface area contributed by atoms with Gasteiger partial charge in [0.1, 0.15) is 6.04 Å². The predicted octanol–water partition coefficient (Wildman–Crippen LogP) is 0.969. The minimum atomic E-state index is -0.942. The van der Waals surface area contributed by atoms with E-state index in [-0.39, 0.29) is 16.9 Å². The zero-order valence-corrected chi connectivity index (χ0v) is 12.4. The van der Waals surface area contributed by atoms with E-state index in [4.69, 9.17) is 0 Å². The van der Waals surface area contributed by atoms with Crippen molar-refractivity contribution in [3.63, 3.8) is 0 Å². The van der Waals surface area contributed by atoms with Gasteiger partial charge in [-0.3, -0.25) is 14.6 Å². The predicted molar refractivity (Wildman–Crippen MR) is 74.9 cm³/mol. The molecule has 0 radical (unpaired) electrons. The van der Waals surface area contributed by atoms with Crippen molar-refractivity contribution in [3.8, 4) is 0 Å². The molecule has 2 fully saturated rings. The number of amides is 1. The smallest absolute Gasteiger partial charge is 0.328 e. The van der Waals surface area contributed by atoms with Crippen LogP contribution in [0.2, 0.25) is 0 Å². The highest BCUT2D eigenvalue weighted by Gasteiger charge is 2.41. The number of fused-ring (bicyclic) bond motifs is 1. The molecule has 0 spiro atoms. The van der Waals surface area contributed by atoms with Crippen molar-refractivity contribution in [2.24, 2.45) is 5.92 Å². The van der Waals surface area contributed by atoms with Crippen molar-refractivity contribution < 1.29 is 19.5 Å². The van der Waals surface area contributed by atoms with E-state index < -0.39 is 12.0 Å². The summed E-state index contributed by atoms with van der Waals surface area (Å²) in [5.41, 5.74) is 0. The monoisotopic (exact) mass is 300 g/mol. The van der Waals surface area contributed by atoms with Crippen LogP contribution in [0.15, 0.2) is 0 Å². The summed E-state index contributed by atoms with van der Waals surface area (Å²) in [5, 5.41) is 12.6. The van der Waals surface area contributed by atoms with E-state index in [0.717, 1.165) is 44.1 Å². The third kappa shape index (κ3) is 3.32. The number of rotatable bonds is 3. The number of carbonyl (C=O) groups is 3. The van der Waals surface area contributed by atoms with E-state index in [2.05, 4.69) is 0 Å². The molecule has 2 atom stereocenters. The second-order valence-electron chi connectivity index (χ2n) is 5.27. The molecule has 7 heteroatoms. The Balaban J connectivity index is 2.14. The summed E-state index contributed by atoms with van der Waals surface area (Å²) in [6, 6.07) is -0.751. The lowest BCUT2D eigenvalue weighted by atomic mass is 10.0. The summed E-state index contributed by atoms with van der Waals surface area (Å²) in [7, 11) is 0. The molecule has 2 heterocycles. The van der Waals surface area contributed by atoms with Gasteiger partial charge in [0.05, 0.1) is 0 Å². The number of nitrogens with zero attached hydrogens (tertiary/aromatic N) is 2. The largest absolute Gasteiger partial charge is 0.480 e. The number of carboxylic acids is 1. The van der Waals surface area contributed by atoms with Crippen molar-refractivity contribution in [2.75, 3.05) is 18.8 Å². The van der Waals surface area contributed by atoms with Gasteiger partial charge in [-0.2, -0.15) is 0 Å². The standard InChI is InChI=1S/C13H20N2O4S/c1-9(16)20-8-10-4-2-6-14-7-3-5-11(13(18)19)15(14)12(10)17/h10-11H,2-8H2,1H3,(H,18,19)/t10?,11-/m0/s1. The van der Waals surface area contributed by atoms with Crippen molar-refractivity contribution in [1.82, 2.24) is 10.0 Å². The van der Waals surface area contributed by atoms with Gasteiger partial charge in [0.25, 0.3) is 0 Å². The molecule has 0 aromatic heterocycles. The maximum absolute atomic E-state index is 12.6. The molecule has 0 saturated carbocycles. The Labute approximate surface area is 122 Å². The molecule has 0 aromatic carbocycles. The molecule has 2 rings (SSSR count). The van der Waals surface area contributed by atoms with Gasteiger partial charge in [0, 0.05) is 31.7 Å². The summed E-state index contributed by atoms with van der Waals surface area (Å²) in [4.78, 5) is 35.0. The summed E-state index contributed by atoms with van der Waals surface area (Å²) < 4.78 is 0. The van der Waals surface area contributed by atoms with E-state index in [1.807, 2.05) is 5.01 Å². The first kappa shape index (κ1) is 15.3. The van der Waals surface area contributed by atoms with Gasteiger partial charge in [-0.05, 0) is 25.7 Å². The molecule has 112 valence electrons. The van der Waals surface area contributed by atoms with Crippen LogP contribution in [0.5, 0.6) is 0 Å². The van der Waals surface area contributed by atoms with Gasteiger partial charge >= 0.3 is 5.97 Å². The number of thioether (sulfide) groups is 1. The van der Waals surface area contributed by atoms with Crippen molar-refractivity contribution in [3.05, 3.63) is 0 Å². The van der Waals surface area contributed by atoms with Crippen LogP contribution in [0.4, 0.5) is 0 Å². The molecule has 2 aliphatic rings. The highest BCUT2D eigenvalue weighted by Crippen LogP contribution is 2.28. The second-order valence-corrected chi connectivity index (χ2v) is 6.47. The summed E-state index contributed by atoms with van der Waals surface area (Å²) in [6.45, 7) is 2.94. The molecular weight excluding hydrogens is 280 g/mol. The number of hydrazine groups is 1. The molecule has 2 aliphatic heterocycles. The van der Waals surface area contributed by atoms with Crippen molar-refractivity contribution >= 4 is 28.8 Å². The fourth-order valence-electron chi connectivity index (χ4n) is 2.84. The Morgan fingerprint density at radius 2 is 1.95 bits per heavy atom. The lowest BCUT2D eigenvalue weighted by Crippen LogP contribution is -2.58. The number of hydrogen-bond acceptors (Lipinski definition) is 5. The van der Waals surface area contributed by atoms with Gasteiger partial charge in [-0.15, -0.1) is 0 Å². The number of carbonyl (C=O) groups excluding carboxylic acids is 2. The lowest BCUT2D eigenvalue weighted by Gasteiger charge is -2.42. The minimum Gasteiger partial charge on any atom is -0.480 e. The second kappa shape index (κ2) is 6.58. The molecule has 1 N–H and O–H groups in total. The SMILES string of the molecule is CC(=O)SCC1CCCN2CCC[C@@H](C(=O)O)N2C1=O. The first-order chi connectivity index (χ1) is 9.50. The van der Waals surface area contributed by atoms with Crippen LogP contribution in [0.25, 0.3) is 0 Å². The summed E-state index contributed by atoms with van der Waals surface area (Å²) in [5.74, 6) is -0.884. The minimum absolute atomic E-state index is 0.00710. The Hall–Kier alpha value is -1.08. The van der Waals surface area contributed by atoms with Gasteiger partial charge in [-0.1, -0.05) is 11.8 Å². The molecule has 6 nitrogen and oxygen atoms in total. The van der Waals surface area contributed by atoms with Crippen LogP contribution in [0.3, 0.4) is 0 Å². The van der Waals surface area contributed by atoms with Crippen LogP contribution >= 0.6 is 11.8 Å². The molecule has 0 aromatic rings. The average Bonchev–Trinajstić information content (AvgIpc) is 2.56. The van der Waals surface area contributed by atoms with Crippen LogP contribution in [-0.2, 0) is 14.4 Å². The molecule has 1 amide bonds. The van der Waals surface area contributed by atoms with Gasteiger partial charge in [-0.25, -0.2) is 9.80 Å². The third-order valence-electron chi connectivity index (χ3n) is 3.81. The quantitative estimate of drug-likeness (QED) is 0.837. The highest BCUT2D eigenvalue weighted by atomic mass is 32.2. The zero-order chi connectivity index (χ0) is 14.7. The number of hydrogen-bond donors (Lipinski definition) is 1. The first-order valence-electron chi connectivity index (χ1n) is 6.95. The van der Waals surface area contributed by atoms with Crippen LogP contribution in [-0.4, -0.2) is 57.0 Å². The van der Waals surface area contributed by atoms with Gasteiger partial charge in [0.2, 0.25) is 5.91 Å². The third-order valence-corrected chi connectivity index (χ3v) is 4.79. The van der Waals surface area contributed by atoms with E-state index in [1.54, 1.807) is 0 Å². The van der Waals surface area contributed by atoms with E-state index >= 15 is 0 Å². The molecule has 0 bridgehead atoms.